The second-order valence-corrected chi connectivity index (χ2v) is 25.9. The van der Waals surface area contributed by atoms with Gasteiger partial charge in [-0.05, 0) is 14.1 Å². The van der Waals surface area contributed by atoms with Gasteiger partial charge in [0.2, 0.25) is 5.91 Å². The summed E-state index contributed by atoms with van der Waals surface area (Å²) < 4.78 is 85.7. The van der Waals surface area contributed by atoms with Gasteiger partial charge in [-0.25, -0.2) is 16.8 Å². The van der Waals surface area contributed by atoms with Crippen LogP contribution in [0, 0.1) is 54.1 Å². The lowest BCUT2D eigenvalue weighted by atomic mass is 9.92. The molecule has 7 aliphatic heterocycles. The maximum atomic E-state index is 12.1. The lowest BCUT2D eigenvalue weighted by Crippen LogP contribution is -3.08. The van der Waals surface area contributed by atoms with Crippen molar-refractivity contribution in [2.24, 2.45) is 11.8 Å². The Labute approximate surface area is 430 Å². The van der Waals surface area contributed by atoms with E-state index in [4.69, 9.17) is 4.74 Å². The fraction of sp³-hybridized carbons (Fsp3) is 0.840. The van der Waals surface area contributed by atoms with Crippen LogP contribution in [0.5, 0.6) is 0 Å². The lowest BCUT2D eigenvalue weighted by molar-refractivity contribution is -0.860. The standard InChI is InChI=1S/C10H20N2O.C9H18N2O.C9H17NO.C8H18N2.C7H12F3NO2S.C7H15NO2S/c1-11-4-2-10(3-5-11)12-6-8-13-9-7-12;1-10(2)9(12)8-4-6-11(3)7-5-8;1-3-9(11)8-4-6-10(2)7-5-8;1-9(2)8-4-6-10(3)7-5-8;1-11-4-2-6(3-5-11)14(12,13)7(8,9)10;1-8-5-3-7(4-6-8)11(2,9)10/h10-11H,1-9H2;8,11H,3-7H2,1-2H3;8,10H,2-7H2,1H3;8,10H,3-7H2,1-2H3;6,11H,1-5H2;7-8H,1,3-6H2,2H3. The number of nitrogens with one attached hydrogen (secondary N) is 6. The molecule has 1 amide bonds. The minimum atomic E-state index is -5.11. The average Bonchev–Trinajstić information content (AvgIpc) is 3.33. The fourth-order valence-corrected chi connectivity index (χ4v) is 12.4. The number of hydrogen-bond donors (Lipinski definition) is 6. The smallest absolute Gasteiger partial charge is 0.468 e. The Morgan fingerprint density at radius 1 is 0.563 bits per heavy atom. The van der Waals surface area contributed by atoms with Crippen molar-refractivity contribution < 1.29 is 73.7 Å². The second kappa shape index (κ2) is 32.8. The quantitative estimate of drug-likeness (QED) is 0.143. The minimum Gasteiger partial charge on any atom is -0.468 e. The molecule has 0 aromatic rings. The number of morpholine rings is 1. The van der Waals surface area contributed by atoms with Gasteiger partial charge in [-0.1, -0.05) is 6.92 Å². The number of amides is 1. The molecule has 0 bridgehead atoms. The molecule has 0 spiro atoms. The number of rotatable bonds is 7. The predicted molar refractivity (Wildman–Crippen MR) is 274 cm³/mol. The summed E-state index contributed by atoms with van der Waals surface area (Å²) >= 11 is 0. The normalized spacial score (nSPS) is 33.0. The number of piperidine rings is 6. The molecule has 0 atom stereocenters. The van der Waals surface area contributed by atoms with Gasteiger partial charge in [-0.15, -0.1) is 0 Å². The minimum absolute atomic E-state index is 0.0423. The summed E-state index contributed by atoms with van der Waals surface area (Å²) in [5.41, 5.74) is -5.11. The molecule has 420 valence electrons. The van der Waals surface area contributed by atoms with E-state index in [0.717, 1.165) is 121 Å². The molecule has 7 saturated heterocycles. The van der Waals surface area contributed by atoms with E-state index in [1.54, 1.807) is 4.90 Å². The zero-order chi connectivity index (χ0) is 53.5. The van der Waals surface area contributed by atoms with Crippen LogP contribution < -0.4 is 29.4 Å². The number of carbonyl (C=O) groups excluding carboxylic acids is 2. The van der Waals surface area contributed by atoms with Crippen molar-refractivity contribution in [1.82, 2.24) is 14.7 Å². The fourth-order valence-electron chi connectivity index (χ4n) is 10.0. The number of Topliss-reactive ketones (excluding diaryl/α,β-unsaturated/α-hetero) is 1. The Kier molecular flexibility index (Phi) is 30.3. The van der Waals surface area contributed by atoms with Crippen LogP contribution in [0.3, 0.4) is 0 Å². The molecular weight excluding hydrogens is 960 g/mol. The second-order valence-electron chi connectivity index (χ2n) is 21.4. The van der Waals surface area contributed by atoms with Gasteiger partial charge in [0.15, 0.2) is 9.84 Å². The number of ether oxygens (including phenoxy) is 1. The Morgan fingerprint density at radius 3 is 1.24 bits per heavy atom. The van der Waals surface area contributed by atoms with Crippen molar-refractivity contribution in [3.8, 4) is 0 Å². The number of quaternary nitrogens is 6. The zero-order valence-electron chi connectivity index (χ0n) is 44.9. The first-order valence-electron chi connectivity index (χ1n) is 26.4. The van der Waals surface area contributed by atoms with Gasteiger partial charge in [-0.2, -0.15) is 55.5 Å². The molecule has 0 radical (unpaired) electrons. The van der Waals surface area contributed by atoms with E-state index < -0.39 is 30.4 Å². The molecular formula is C50H100F3N9O7S2. The summed E-state index contributed by atoms with van der Waals surface area (Å²) in [4.78, 5) is 36.9. The monoisotopic (exact) mass is 1060 g/mol. The number of likely N-dealkylation sites (tertiary alicyclic amines) is 6. The molecule has 71 heavy (non-hydrogen) atoms. The van der Waals surface area contributed by atoms with Crippen molar-refractivity contribution in [3.63, 3.8) is 0 Å². The van der Waals surface area contributed by atoms with Gasteiger partial charge in [0.25, 0.3) is 9.84 Å². The van der Waals surface area contributed by atoms with Crippen molar-refractivity contribution in [3.05, 3.63) is 42.3 Å². The van der Waals surface area contributed by atoms with Crippen molar-refractivity contribution in [2.45, 2.75) is 118 Å². The number of carbonyl (C=O) groups is 2. The number of hydrogen-bond acceptors (Lipinski definition) is 9. The molecule has 7 heterocycles. The molecule has 6 N–H and O–H groups in total. The summed E-state index contributed by atoms with van der Waals surface area (Å²) in [7, 11) is 23.6. The van der Waals surface area contributed by atoms with Crippen LogP contribution in [0.1, 0.15) is 90.4 Å². The summed E-state index contributed by atoms with van der Waals surface area (Å²) in [6.07, 6.45) is 13.0. The average molecular weight is 1060 g/mol. The highest BCUT2D eigenvalue weighted by molar-refractivity contribution is 7.92. The maximum absolute atomic E-state index is 12.1. The van der Waals surface area contributed by atoms with Crippen LogP contribution in [0.25, 0.3) is 0 Å². The van der Waals surface area contributed by atoms with E-state index >= 15 is 0 Å². The van der Waals surface area contributed by atoms with Crippen LogP contribution in [0.4, 0.5) is 13.2 Å². The van der Waals surface area contributed by atoms with E-state index in [1.807, 2.05) is 21.0 Å². The molecule has 7 rings (SSSR count). The molecule has 0 aromatic carbocycles. The van der Waals surface area contributed by atoms with E-state index in [9.17, 15) is 39.6 Å². The summed E-state index contributed by atoms with van der Waals surface area (Å²) in [6, 6.07) is 1.62. The Hall–Kier alpha value is -1.53. The third-order valence-electron chi connectivity index (χ3n) is 15.2. The molecule has 0 saturated carbocycles. The van der Waals surface area contributed by atoms with Gasteiger partial charge < -0.3 is 43.9 Å². The summed E-state index contributed by atoms with van der Waals surface area (Å²) in [5.74, 6) is 1.33. The van der Waals surface area contributed by atoms with Crippen molar-refractivity contribution in [2.75, 3.05) is 139 Å². The highest BCUT2D eigenvalue weighted by Crippen LogP contribution is 2.30. The van der Waals surface area contributed by atoms with Gasteiger partial charge in [0.1, 0.15) is 5.78 Å². The van der Waals surface area contributed by atoms with Crippen LogP contribution >= 0.6 is 0 Å². The van der Waals surface area contributed by atoms with E-state index in [1.165, 1.54) is 82.6 Å². The third kappa shape index (κ3) is 25.2. The first kappa shape index (κ1) is 65.6. The van der Waals surface area contributed by atoms with Crippen LogP contribution in [0.2, 0.25) is 0 Å². The Bertz CT molecular complexity index is 1680. The number of nitrogens with zero attached hydrogens (tertiary/aromatic N) is 3. The predicted octanol–water partition coefficient (Wildman–Crippen LogP) is -3.61. The molecule has 7 fully saturated rings. The maximum Gasteiger partial charge on any atom is 0.497 e. The molecule has 7 aliphatic rings. The number of sulfone groups is 2. The highest BCUT2D eigenvalue weighted by atomic mass is 32.2. The lowest BCUT2D eigenvalue weighted by Gasteiger charge is -2.39. The molecule has 0 aliphatic carbocycles. The van der Waals surface area contributed by atoms with E-state index in [0.29, 0.717) is 31.2 Å². The van der Waals surface area contributed by atoms with Crippen LogP contribution in [0.15, 0.2) is 0 Å². The third-order valence-corrected chi connectivity index (χ3v) is 18.9. The van der Waals surface area contributed by atoms with Gasteiger partial charge in [-0.3, -0.25) is 14.5 Å². The SMILES string of the molecule is [CH2-][NH+]1CCC(C(=O)CC)CC1.[CH2-][NH+]1CCC(C(=O)N(C)C)CC1.[CH2-][NH+]1CCC(N(C)C)CC1.[CH2-][NH+]1CCC(N2CCOCC2)CC1.[CH2-][NH+]1CCC(S(=O)(=O)C(F)(F)F)CC1.[CH2-][NH+]1CCC(S(C)(=O)=O)CC1. The molecule has 21 heteroatoms. The van der Waals surface area contributed by atoms with Gasteiger partial charge in [0.05, 0.1) is 102 Å². The van der Waals surface area contributed by atoms with Crippen molar-refractivity contribution in [1.29, 1.82) is 0 Å². The first-order chi connectivity index (χ1) is 33.2. The number of ketones is 1. The largest absolute Gasteiger partial charge is 0.497 e. The molecule has 16 nitrogen and oxygen atoms in total. The molecule has 0 aromatic heterocycles. The number of alkyl halides is 3. The van der Waals surface area contributed by atoms with Crippen LogP contribution in [-0.2, 0) is 34.0 Å². The topological polar surface area (TPSA) is 148 Å². The number of halogens is 3. The Balaban J connectivity index is 0.000000293. The van der Waals surface area contributed by atoms with Crippen LogP contribution in [-0.4, -0.2) is 211 Å². The first-order valence-corrected chi connectivity index (χ1v) is 29.9. The van der Waals surface area contributed by atoms with Crippen molar-refractivity contribution >= 4 is 31.4 Å². The van der Waals surface area contributed by atoms with Gasteiger partial charge >= 0.3 is 5.51 Å². The van der Waals surface area contributed by atoms with E-state index in [2.05, 4.69) is 66.2 Å². The summed E-state index contributed by atoms with van der Waals surface area (Å²) in [5, 5.41) is -1.37. The highest BCUT2D eigenvalue weighted by Gasteiger charge is 2.51. The molecule has 0 unspecified atom stereocenters. The summed E-state index contributed by atoms with van der Waals surface area (Å²) in [6.45, 7) is 17.8. The van der Waals surface area contributed by atoms with E-state index in [-0.39, 0.29) is 29.9 Å². The van der Waals surface area contributed by atoms with Gasteiger partial charge in [0, 0.05) is 141 Å². The Morgan fingerprint density at radius 2 is 0.901 bits per heavy atom. The zero-order valence-corrected chi connectivity index (χ0v) is 46.5.